The molecule has 0 saturated carbocycles. The molecule has 7 nitrogen and oxygen atoms in total. The first-order valence-electron chi connectivity index (χ1n) is 13.5. The van der Waals surface area contributed by atoms with Gasteiger partial charge in [-0.05, 0) is 99.0 Å². The number of rotatable bonds is 12. The number of hydrogen-bond acceptors (Lipinski definition) is 6. The number of nitrogens with zero attached hydrogens (tertiary/aromatic N) is 2. The average Bonchev–Trinajstić information content (AvgIpc) is 2.94. The number of carboxylic acid groups (broad SMARTS) is 1. The Balaban J connectivity index is 1.41. The highest BCUT2D eigenvalue weighted by Crippen LogP contribution is 2.42. The predicted molar refractivity (Wildman–Crippen MR) is 143 cm³/mol. The number of methoxy groups -OCH3 is 1. The van der Waals surface area contributed by atoms with Crippen LogP contribution in [-0.2, 0) is 17.8 Å². The van der Waals surface area contributed by atoms with E-state index >= 15 is 0 Å². The van der Waals surface area contributed by atoms with Crippen molar-refractivity contribution >= 4 is 16.9 Å². The van der Waals surface area contributed by atoms with Crippen molar-refractivity contribution in [1.29, 1.82) is 0 Å². The van der Waals surface area contributed by atoms with Gasteiger partial charge in [0, 0.05) is 23.2 Å². The van der Waals surface area contributed by atoms with Crippen molar-refractivity contribution in [2.24, 2.45) is 5.41 Å². The molecule has 10 heteroatoms. The highest BCUT2D eigenvalue weighted by Gasteiger charge is 2.37. The van der Waals surface area contributed by atoms with Gasteiger partial charge in [-0.3, -0.25) is 9.78 Å². The molecule has 2 aromatic carbocycles. The molecule has 1 aliphatic rings. The summed E-state index contributed by atoms with van der Waals surface area (Å²) >= 11 is 0. The van der Waals surface area contributed by atoms with Crippen molar-refractivity contribution in [2.45, 2.75) is 57.7 Å². The molecule has 0 unspecified atom stereocenters. The fourth-order valence-electron chi connectivity index (χ4n) is 5.84. The maximum atomic E-state index is 14.0. The Bertz CT molecular complexity index is 1340. The van der Waals surface area contributed by atoms with Gasteiger partial charge in [-0.25, -0.2) is 13.2 Å². The van der Waals surface area contributed by atoms with Crippen LogP contribution in [0, 0.1) is 22.9 Å². The van der Waals surface area contributed by atoms with Crippen LogP contribution in [0.5, 0.6) is 5.75 Å². The highest BCUT2D eigenvalue weighted by atomic mass is 19.2. The summed E-state index contributed by atoms with van der Waals surface area (Å²) in [6, 6.07) is 6.87. The van der Waals surface area contributed by atoms with Crippen molar-refractivity contribution in [3.8, 4) is 5.75 Å². The Morgan fingerprint density at radius 1 is 1.15 bits per heavy atom. The maximum Gasteiger partial charge on any atom is 0.303 e. The number of pyridine rings is 1. The first kappa shape index (κ1) is 29.8. The van der Waals surface area contributed by atoms with E-state index < -0.39 is 34.9 Å². The van der Waals surface area contributed by atoms with Gasteiger partial charge >= 0.3 is 5.97 Å². The molecule has 4 rings (SSSR count). The second kappa shape index (κ2) is 13.0. The molecule has 1 saturated heterocycles. The van der Waals surface area contributed by atoms with Crippen LogP contribution >= 0.6 is 0 Å². The topological polar surface area (TPSA) is 103 Å². The molecule has 1 aliphatic heterocycles. The SMILES string of the molecule is COc1ccc2ncc(CO)c([C@H](O)CCC3(CC(=O)O)CCN(CCCc4cc(F)cc(F)c4F)CC3)c2c1. The predicted octanol–water partition coefficient (Wildman–Crippen LogP) is 5.16. The van der Waals surface area contributed by atoms with E-state index in [1.165, 1.54) is 0 Å². The summed E-state index contributed by atoms with van der Waals surface area (Å²) in [4.78, 5) is 18.3. The van der Waals surface area contributed by atoms with E-state index in [1.54, 1.807) is 31.5 Å². The van der Waals surface area contributed by atoms with Crippen molar-refractivity contribution in [1.82, 2.24) is 9.88 Å². The number of fused-ring (bicyclic) bond motifs is 1. The normalized spacial score (nSPS) is 16.2. The Morgan fingerprint density at radius 2 is 1.90 bits per heavy atom. The van der Waals surface area contributed by atoms with Crippen LogP contribution in [0.4, 0.5) is 13.2 Å². The zero-order chi connectivity index (χ0) is 28.9. The van der Waals surface area contributed by atoms with Gasteiger partial charge in [-0.2, -0.15) is 0 Å². The van der Waals surface area contributed by atoms with E-state index in [1.807, 2.05) is 0 Å². The third-order valence-electron chi connectivity index (χ3n) is 8.08. The molecule has 1 fully saturated rings. The Labute approximate surface area is 231 Å². The van der Waals surface area contributed by atoms with Crippen molar-refractivity contribution in [3.63, 3.8) is 0 Å². The summed E-state index contributed by atoms with van der Waals surface area (Å²) < 4.78 is 46.2. The monoisotopic (exact) mass is 560 g/mol. The second-order valence-electron chi connectivity index (χ2n) is 10.7. The first-order valence-corrected chi connectivity index (χ1v) is 13.5. The number of halogens is 3. The van der Waals surface area contributed by atoms with Gasteiger partial charge < -0.3 is 25.0 Å². The molecule has 0 aliphatic carbocycles. The smallest absolute Gasteiger partial charge is 0.303 e. The number of aliphatic hydroxyl groups excluding tert-OH is 2. The van der Waals surface area contributed by atoms with Crippen LogP contribution in [0.3, 0.4) is 0 Å². The number of carbonyl (C=O) groups is 1. The van der Waals surface area contributed by atoms with Crippen LogP contribution in [0.25, 0.3) is 10.9 Å². The molecule has 216 valence electrons. The molecule has 0 radical (unpaired) electrons. The molecule has 0 amide bonds. The lowest BCUT2D eigenvalue weighted by Crippen LogP contribution is -2.41. The van der Waals surface area contributed by atoms with E-state index in [2.05, 4.69) is 9.88 Å². The molecule has 1 aromatic heterocycles. The standard InChI is InChI=1S/C30H35F3N2O5/c1-40-22-4-5-25-23(15-22)28(20(18-36)17-34-25)26(37)6-7-30(16-27(38)39)8-11-35(12-9-30)10-2-3-19-13-21(31)14-24(32)29(19)33/h4-5,13-15,17,26,36-37H,2-3,6-12,16,18H2,1H3,(H,38,39)/t26-/m1/s1. The van der Waals surface area contributed by atoms with Gasteiger partial charge in [0.05, 0.1) is 31.8 Å². The zero-order valence-electron chi connectivity index (χ0n) is 22.5. The summed E-state index contributed by atoms with van der Waals surface area (Å²) in [5.41, 5.74) is 1.22. The lowest BCUT2D eigenvalue weighted by atomic mass is 9.71. The minimum atomic E-state index is -1.20. The molecule has 2 heterocycles. The Hall–Kier alpha value is -3.21. The van der Waals surface area contributed by atoms with Gasteiger partial charge in [0.2, 0.25) is 0 Å². The number of benzene rings is 2. The molecular formula is C30H35F3N2O5. The zero-order valence-corrected chi connectivity index (χ0v) is 22.5. The van der Waals surface area contributed by atoms with Crippen LogP contribution in [-0.4, -0.2) is 57.9 Å². The van der Waals surface area contributed by atoms with E-state index in [9.17, 15) is 33.3 Å². The van der Waals surface area contributed by atoms with Gasteiger partial charge in [-0.15, -0.1) is 0 Å². The largest absolute Gasteiger partial charge is 0.497 e. The Morgan fingerprint density at radius 3 is 2.58 bits per heavy atom. The lowest BCUT2D eigenvalue weighted by molar-refractivity contribution is -0.141. The number of piperidine rings is 1. The summed E-state index contributed by atoms with van der Waals surface area (Å²) in [6.07, 6.45) is 3.27. The molecular weight excluding hydrogens is 525 g/mol. The van der Waals surface area contributed by atoms with E-state index in [4.69, 9.17) is 4.74 Å². The van der Waals surface area contributed by atoms with Gasteiger partial charge in [0.1, 0.15) is 11.6 Å². The first-order chi connectivity index (χ1) is 19.1. The highest BCUT2D eigenvalue weighted by molar-refractivity contribution is 5.85. The van der Waals surface area contributed by atoms with E-state index in [-0.39, 0.29) is 25.0 Å². The number of aryl methyl sites for hydroxylation is 1. The Kier molecular flexibility index (Phi) is 9.65. The third kappa shape index (κ3) is 6.92. The number of hydrogen-bond donors (Lipinski definition) is 3. The van der Waals surface area contributed by atoms with E-state index in [0.29, 0.717) is 85.6 Å². The van der Waals surface area contributed by atoms with Crippen LogP contribution in [0.1, 0.15) is 61.3 Å². The number of likely N-dealkylation sites (tertiary alicyclic amines) is 1. The number of ether oxygens (including phenoxy) is 1. The molecule has 3 N–H and O–H groups in total. The van der Waals surface area contributed by atoms with E-state index in [0.717, 1.165) is 6.07 Å². The molecule has 0 spiro atoms. The number of aliphatic carboxylic acids is 1. The number of aliphatic hydroxyl groups is 2. The summed E-state index contributed by atoms with van der Waals surface area (Å²) in [6.45, 7) is 1.54. The molecule has 3 aromatic rings. The van der Waals surface area contributed by atoms with Gasteiger partial charge in [0.25, 0.3) is 0 Å². The third-order valence-corrected chi connectivity index (χ3v) is 8.08. The number of aromatic nitrogens is 1. The average molecular weight is 561 g/mol. The number of carboxylic acids is 1. The molecule has 0 bridgehead atoms. The van der Waals surface area contributed by atoms with Crippen LogP contribution in [0.15, 0.2) is 36.5 Å². The second-order valence-corrected chi connectivity index (χ2v) is 10.7. The van der Waals surface area contributed by atoms with Crippen molar-refractivity contribution in [3.05, 3.63) is 70.7 Å². The summed E-state index contributed by atoms with van der Waals surface area (Å²) in [5, 5.41) is 31.6. The fraction of sp³-hybridized carbons (Fsp3) is 0.467. The quantitative estimate of drug-likeness (QED) is 0.263. The summed E-state index contributed by atoms with van der Waals surface area (Å²) in [5.74, 6) is -3.33. The molecule has 40 heavy (non-hydrogen) atoms. The van der Waals surface area contributed by atoms with Crippen molar-refractivity contribution < 1.29 is 38.0 Å². The summed E-state index contributed by atoms with van der Waals surface area (Å²) in [7, 11) is 1.54. The van der Waals surface area contributed by atoms with Crippen LogP contribution < -0.4 is 4.74 Å². The minimum Gasteiger partial charge on any atom is -0.497 e. The fourth-order valence-corrected chi connectivity index (χ4v) is 5.84. The lowest BCUT2D eigenvalue weighted by Gasteiger charge is -2.41. The molecule has 1 atom stereocenters. The minimum absolute atomic E-state index is 0.00669. The van der Waals surface area contributed by atoms with Gasteiger partial charge in [0.15, 0.2) is 11.6 Å². The van der Waals surface area contributed by atoms with Gasteiger partial charge in [-0.1, -0.05) is 0 Å². The van der Waals surface area contributed by atoms with Crippen LogP contribution in [0.2, 0.25) is 0 Å². The maximum absolute atomic E-state index is 14.0. The van der Waals surface area contributed by atoms with Crippen molar-refractivity contribution in [2.75, 3.05) is 26.7 Å².